The molecule has 0 atom stereocenters. The van der Waals surface area contributed by atoms with Crippen LogP contribution >= 0.6 is 23.1 Å². The zero-order valence-electron chi connectivity index (χ0n) is 16.6. The van der Waals surface area contributed by atoms with Gasteiger partial charge in [0.15, 0.2) is 16.8 Å². The van der Waals surface area contributed by atoms with Gasteiger partial charge in [-0.15, -0.1) is 23.1 Å². The molecule has 0 bridgehead atoms. The van der Waals surface area contributed by atoms with Gasteiger partial charge in [0.1, 0.15) is 0 Å². The van der Waals surface area contributed by atoms with Crippen LogP contribution in [0.4, 0.5) is 19.6 Å². The maximum Gasteiger partial charge on any atom is 0.231 e. The van der Waals surface area contributed by atoms with E-state index >= 15 is 0 Å². The van der Waals surface area contributed by atoms with E-state index < -0.39 is 21.7 Å². The Morgan fingerprint density at radius 1 is 1.16 bits per heavy atom. The minimum absolute atomic E-state index is 0.186. The predicted molar refractivity (Wildman–Crippen MR) is 121 cm³/mol. The molecule has 11 heteroatoms. The summed E-state index contributed by atoms with van der Waals surface area (Å²) in [5.74, 6) is -1.65. The molecule has 0 fully saturated rings. The van der Waals surface area contributed by atoms with Crippen LogP contribution in [-0.4, -0.2) is 38.4 Å². The molecule has 0 aliphatic rings. The number of amides is 1. The molecule has 1 aromatic heterocycles. The first-order valence-corrected chi connectivity index (χ1v) is 12.7. The molecule has 1 heterocycles. The lowest BCUT2D eigenvalue weighted by Crippen LogP contribution is -2.24. The molecule has 0 aliphatic carbocycles. The second kappa shape index (κ2) is 9.75. The predicted octanol–water partition coefficient (Wildman–Crippen LogP) is 4.61. The average molecular weight is 484 g/mol. The van der Waals surface area contributed by atoms with Crippen molar-refractivity contribution in [3.05, 3.63) is 59.5 Å². The summed E-state index contributed by atoms with van der Waals surface area (Å²) < 4.78 is 50.6. The number of rotatable bonds is 8. The Labute approximate surface area is 187 Å². The van der Waals surface area contributed by atoms with Crippen LogP contribution in [0.25, 0.3) is 11.3 Å². The first-order valence-electron chi connectivity index (χ1n) is 9.01. The Bertz CT molecular complexity index is 1180. The molecule has 0 radical (unpaired) electrons. The molecule has 3 rings (SSSR count). The van der Waals surface area contributed by atoms with E-state index in [9.17, 15) is 22.0 Å². The van der Waals surface area contributed by atoms with Gasteiger partial charge in [-0.2, -0.15) is 0 Å². The summed E-state index contributed by atoms with van der Waals surface area (Å²) in [5.41, 5.74) is 1.98. The molecule has 6 nitrogen and oxygen atoms in total. The lowest BCUT2D eigenvalue weighted by molar-refractivity contribution is -0.115. The topological polar surface area (TPSA) is 79.4 Å². The number of carbonyl (C=O) groups excluding carboxylic acids is 1. The number of nitrogens with one attached hydrogen (secondary N) is 1. The monoisotopic (exact) mass is 483 g/mol. The Morgan fingerprint density at radius 2 is 1.87 bits per heavy atom. The van der Waals surface area contributed by atoms with Gasteiger partial charge in [-0.1, -0.05) is 12.1 Å². The molecule has 164 valence electrons. The number of halogens is 2. The normalized spacial score (nSPS) is 11.4. The van der Waals surface area contributed by atoms with Crippen molar-refractivity contribution in [3.8, 4) is 11.3 Å². The highest BCUT2D eigenvalue weighted by Gasteiger charge is 2.13. The summed E-state index contributed by atoms with van der Waals surface area (Å²) in [6, 6.07) is 10.5. The molecule has 3 aromatic rings. The summed E-state index contributed by atoms with van der Waals surface area (Å²) in [6.45, 7) is 0. The van der Waals surface area contributed by atoms with Crippen LogP contribution in [0.5, 0.6) is 0 Å². The van der Waals surface area contributed by atoms with Crippen molar-refractivity contribution in [2.24, 2.45) is 0 Å². The fraction of sp³-hybridized carbons (Fsp3) is 0.200. The number of thioether (sulfide) groups is 1. The van der Waals surface area contributed by atoms with Crippen molar-refractivity contribution in [2.45, 2.75) is 11.3 Å². The number of sulfonamides is 1. The number of carbonyl (C=O) groups is 1. The standard InChI is InChI=1S/C20H19F2N3O3S3/c1-25(31(2,27)28)14-5-3-13(4-6-14)18-12-30-20(23-18)24-19(26)9-10-29-15-7-8-16(21)17(22)11-15/h3-8,11-12H,9-10H2,1-2H3,(H,23,24,26). The van der Waals surface area contributed by atoms with Crippen molar-refractivity contribution in [1.82, 2.24) is 4.98 Å². The van der Waals surface area contributed by atoms with Gasteiger partial charge < -0.3 is 5.32 Å². The number of aromatic nitrogens is 1. The Balaban J connectivity index is 1.54. The van der Waals surface area contributed by atoms with Crippen LogP contribution in [0.15, 0.2) is 52.7 Å². The van der Waals surface area contributed by atoms with Gasteiger partial charge in [-0.3, -0.25) is 9.10 Å². The molecule has 31 heavy (non-hydrogen) atoms. The van der Waals surface area contributed by atoms with Crippen LogP contribution in [0.1, 0.15) is 6.42 Å². The summed E-state index contributed by atoms with van der Waals surface area (Å²) in [6.07, 6.45) is 1.32. The summed E-state index contributed by atoms with van der Waals surface area (Å²) in [7, 11) is -1.86. The van der Waals surface area contributed by atoms with Crippen molar-refractivity contribution < 1.29 is 22.0 Å². The summed E-state index contributed by atoms with van der Waals surface area (Å²) >= 11 is 2.53. The SMILES string of the molecule is CN(c1ccc(-c2csc(NC(=O)CCSc3ccc(F)c(F)c3)n2)cc1)S(C)(=O)=O. The largest absolute Gasteiger partial charge is 0.302 e. The molecule has 0 spiro atoms. The van der Waals surface area contributed by atoms with Crippen molar-refractivity contribution >= 4 is 49.8 Å². The molecule has 2 aromatic carbocycles. The molecule has 0 saturated carbocycles. The van der Waals surface area contributed by atoms with Gasteiger partial charge in [0, 0.05) is 35.1 Å². The van der Waals surface area contributed by atoms with E-state index in [1.807, 2.05) is 0 Å². The molecular formula is C20H19F2N3O3S3. The second-order valence-electron chi connectivity index (χ2n) is 6.54. The average Bonchev–Trinajstić information content (AvgIpc) is 3.18. The Kier molecular flexibility index (Phi) is 7.29. The van der Waals surface area contributed by atoms with Crippen LogP contribution in [0.2, 0.25) is 0 Å². The summed E-state index contributed by atoms with van der Waals surface area (Å²) in [4.78, 5) is 17.1. The van der Waals surface area contributed by atoms with E-state index in [0.717, 1.165) is 24.0 Å². The van der Waals surface area contributed by atoms with Gasteiger partial charge in [0.25, 0.3) is 0 Å². The summed E-state index contributed by atoms with van der Waals surface area (Å²) in [5, 5.41) is 4.95. The highest BCUT2D eigenvalue weighted by atomic mass is 32.2. The Morgan fingerprint density at radius 3 is 2.52 bits per heavy atom. The maximum atomic E-state index is 13.2. The quantitative estimate of drug-likeness (QED) is 0.474. The highest BCUT2D eigenvalue weighted by molar-refractivity contribution is 7.99. The number of thiazole rings is 1. The fourth-order valence-electron chi connectivity index (χ4n) is 2.51. The van der Waals surface area contributed by atoms with E-state index in [1.54, 1.807) is 29.6 Å². The van der Waals surface area contributed by atoms with E-state index in [0.29, 0.717) is 27.2 Å². The van der Waals surface area contributed by atoms with E-state index in [2.05, 4.69) is 10.3 Å². The maximum absolute atomic E-state index is 13.2. The number of benzene rings is 2. The van der Waals surface area contributed by atoms with Crippen LogP contribution < -0.4 is 9.62 Å². The first kappa shape index (κ1) is 23.2. The van der Waals surface area contributed by atoms with Gasteiger partial charge in [-0.05, 0) is 30.3 Å². The number of hydrogen-bond acceptors (Lipinski definition) is 6. The smallest absolute Gasteiger partial charge is 0.231 e. The van der Waals surface area contributed by atoms with E-state index in [1.165, 1.54) is 40.5 Å². The van der Waals surface area contributed by atoms with Gasteiger partial charge in [-0.25, -0.2) is 22.2 Å². The molecular weight excluding hydrogens is 464 g/mol. The lowest BCUT2D eigenvalue weighted by Gasteiger charge is -2.16. The van der Waals surface area contributed by atoms with Gasteiger partial charge in [0.2, 0.25) is 15.9 Å². The third-order valence-electron chi connectivity index (χ3n) is 4.26. The van der Waals surface area contributed by atoms with Crippen LogP contribution in [0, 0.1) is 11.6 Å². The number of nitrogens with zero attached hydrogens (tertiary/aromatic N) is 2. The van der Waals surface area contributed by atoms with Crippen molar-refractivity contribution in [1.29, 1.82) is 0 Å². The molecule has 0 saturated heterocycles. The number of anilines is 2. The van der Waals surface area contributed by atoms with Crippen LogP contribution in [0.3, 0.4) is 0 Å². The van der Waals surface area contributed by atoms with Crippen LogP contribution in [-0.2, 0) is 14.8 Å². The first-order chi connectivity index (χ1) is 14.6. The zero-order valence-corrected chi connectivity index (χ0v) is 19.1. The second-order valence-corrected chi connectivity index (χ2v) is 10.6. The fourth-order valence-corrected chi connectivity index (χ4v) is 4.62. The third-order valence-corrected chi connectivity index (χ3v) is 7.22. The van der Waals surface area contributed by atoms with E-state index in [-0.39, 0.29) is 12.3 Å². The minimum Gasteiger partial charge on any atom is -0.302 e. The van der Waals surface area contributed by atoms with E-state index in [4.69, 9.17) is 0 Å². The van der Waals surface area contributed by atoms with Crippen molar-refractivity contribution in [3.63, 3.8) is 0 Å². The number of hydrogen-bond donors (Lipinski definition) is 1. The Hall–Kier alpha value is -2.50. The zero-order chi connectivity index (χ0) is 22.6. The molecule has 1 amide bonds. The third kappa shape index (κ3) is 6.25. The van der Waals surface area contributed by atoms with Crippen molar-refractivity contribution in [2.75, 3.05) is 28.7 Å². The highest BCUT2D eigenvalue weighted by Crippen LogP contribution is 2.27. The molecule has 1 N–H and O–H groups in total. The molecule has 0 unspecified atom stereocenters. The van der Waals surface area contributed by atoms with Gasteiger partial charge >= 0.3 is 0 Å². The van der Waals surface area contributed by atoms with Gasteiger partial charge in [0.05, 0.1) is 17.6 Å². The lowest BCUT2D eigenvalue weighted by atomic mass is 10.1. The minimum atomic E-state index is -3.34. The molecule has 0 aliphatic heterocycles.